The number of pyridine rings is 1. The van der Waals surface area contributed by atoms with Gasteiger partial charge in [-0.25, -0.2) is 4.79 Å². The summed E-state index contributed by atoms with van der Waals surface area (Å²) in [6.45, 7) is 2.00. The van der Waals surface area contributed by atoms with Gasteiger partial charge in [-0.05, 0) is 84.1 Å². The summed E-state index contributed by atoms with van der Waals surface area (Å²) in [4.78, 5) is 27.7. The normalized spacial score (nSPS) is 11.8. The van der Waals surface area contributed by atoms with Crippen molar-refractivity contribution >= 4 is 22.7 Å². The standard InChI is InChI=1S/C40H45N3O6/c44-36-20-18-34(35-19-21-38(46)42-39(35)36)37(45)27-41-22-12-4-2-1-3-5-13-23-49-33-25-29(24-31(26-33)30-14-8-6-9-15-30)28-43(40(47)48)32-16-10-7-11-17-32/h6-11,14-21,24-26,37,41,44-45H,1-5,12-13,22-23,27-28H2,(H,42,46)(H,47,48)/t37-/m0/s1. The third-order valence-electron chi connectivity index (χ3n) is 8.58. The molecule has 0 aliphatic rings. The molecular formula is C40H45N3O6. The molecule has 1 heterocycles. The zero-order chi connectivity index (χ0) is 34.4. The molecule has 9 nitrogen and oxygen atoms in total. The summed E-state index contributed by atoms with van der Waals surface area (Å²) < 4.78 is 6.19. The van der Waals surface area contributed by atoms with Gasteiger partial charge in [0.15, 0.2) is 0 Å². The van der Waals surface area contributed by atoms with Gasteiger partial charge in [-0.3, -0.25) is 9.69 Å². The van der Waals surface area contributed by atoms with Crippen molar-refractivity contribution in [2.45, 2.75) is 57.6 Å². The molecule has 0 aliphatic carbocycles. The monoisotopic (exact) mass is 663 g/mol. The fraction of sp³-hybridized carbons (Fsp3) is 0.300. The predicted molar refractivity (Wildman–Crippen MR) is 194 cm³/mol. The molecule has 0 fully saturated rings. The Balaban J connectivity index is 1.01. The zero-order valence-corrected chi connectivity index (χ0v) is 27.7. The number of nitrogens with one attached hydrogen (secondary N) is 2. The van der Waals surface area contributed by atoms with Crippen molar-refractivity contribution in [3.05, 3.63) is 125 Å². The van der Waals surface area contributed by atoms with Gasteiger partial charge < -0.3 is 30.4 Å². The van der Waals surface area contributed by atoms with Crippen LogP contribution in [0.5, 0.6) is 11.5 Å². The number of carboxylic acid groups (broad SMARTS) is 1. The number of hydrogen-bond acceptors (Lipinski definition) is 6. The molecule has 9 heteroatoms. The van der Waals surface area contributed by atoms with Crippen LogP contribution in [0.4, 0.5) is 10.5 Å². The van der Waals surface area contributed by atoms with Crippen LogP contribution in [-0.4, -0.2) is 46.1 Å². The van der Waals surface area contributed by atoms with E-state index in [9.17, 15) is 24.9 Å². The summed E-state index contributed by atoms with van der Waals surface area (Å²) in [6.07, 6.45) is 5.80. The van der Waals surface area contributed by atoms with E-state index < -0.39 is 12.2 Å². The minimum Gasteiger partial charge on any atom is -0.506 e. The Morgan fingerprint density at radius 2 is 1.49 bits per heavy atom. The number of aliphatic hydroxyl groups is 1. The van der Waals surface area contributed by atoms with Gasteiger partial charge in [-0.15, -0.1) is 0 Å². The third-order valence-corrected chi connectivity index (χ3v) is 8.58. The van der Waals surface area contributed by atoms with Gasteiger partial charge in [0.1, 0.15) is 11.5 Å². The number of carbonyl (C=O) groups is 1. The molecule has 49 heavy (non-hydrogen) atoms. The molecule has 4 aromatic carbocycles. The van der Waals surface area contributed by atoms with E-state index in [1.807, 2.05) is 66.7 Å². The number of fused-ring (bicyclic) bond motifs is 1. The second-order valence-corrected chi connectivity index (χ2v) is 12.3. The van der Waals surface area contributed by atoms with Crippen LogP contribution in [-0.2, 0) is 6.54 Å². The van der Waals surface area contributed by atoms with E-state index in [0.717, 1.165) is 73.9 Å². The maximum Gasteiger partial charge on any atom is 0.412 e. The number of nitrogens with zero attached hydrogens (tertiary/aromatic N) is 1. The van der Waals surface area contributed by atoms with Gasteiger partial charge in [0.05, 0.1) is 24.8 Å². The molecule has 256 valence electrons. The quantitative estimate of drug-likeness (QED) is 0.0599. The molecule has 5 N–H and O–H groups in total. The summed E-state index contributed by atoms with van der Waals surface area (Å²) in [5.41, 5.74) is 4.22. The van der Waals surface area contributed by atoms with Crippen molar-refractivity contribution in [2.24, 2.45) is 0 Å². The molecule has 0 radical (unpaired) electrons. The zero-order valence-electron chi connectivity index (χ0n) is 27.7. The largest absolute Gasteiger partial charge is 0.506 e. The molecule has 0 bridgehead atoms. The van der Waals surface area contributed by atoms with Crippen molar-refractivity contribution in [3.8, 4) is 22.6 Å². The summed E-state index contributed by atoms with van der Waals surface area (Å²) in [5.74, 6) is 0.721. The molecule has 0 unspecified atom stereocenters. The Kier molecular flexibility index (Phi) is 12.8. The Morgan fingerprint density at radius 1 is 0.796 bits per heavy atom. The first-order chi connectivity index (χ1) is 23.9. The molecule has 1 aromatic heterocycles. The van der Waals surface area contributed by atoms with Crippen molar-refractivity contribution in [2.75, 3.05) is 24.6 Å². The highest BCUT2D eigenvalue weighted by molar-refractivity contribution is 5.87. The van der Waals surface area contributed by atoms with E-state index in [2.05, 4.69) is 10.3 Å². The smallest absolute Gasteiger partial charge is 0.412 e. The highest BCUT2D eigenvalue weighted by Crippen LogP contribution is 2.30. The number of para-hydroxylation sites is 1. The van der Waals surface area contributed by atoms with Gasteiger partial charge in [-0.1, -0.05) is 86.7 Å². The summed E-state index contributed by atoms with van der Waals surface area (Å²) in [7, 11) is 0. The Morgan fingerprint density at radius 3 is 2.22 bits per heavy atom. The molecule has 0 spiro atoms. The van der Waals surface area contributed by atoms with Crippen LogP contribution in [0.15, 0.2) is 108 Å². The number of H-pyrrole nitrogens is 1. The number of aromatic nitrogens is 1. The van der Waals surface area contributed by atoms with Crippen LogP contribution >= 0.6 is 0 Å². The number of aromatic hydroxyl groups is 1. The van der Waals surface area contributed by atoms with E-state index in [4.69, 9.17) is 4.74 Å². The van der Waals surface area contributed by atoms with Gasteiger partial charge in [0.2, 0.25) is 5.56 Å². The topological polar surface area (TPSA) is 135 Å². The van der Waals surface area contributed by atoms with Crippen molar-refractivity contribution in [1.29, 1.82) is 0 Å². The molecule has 0 saturated heterocycles. The molecule has 1 amide bonds. The maximum atomic E-state index is 12.1. The van der Waals surface area contributed by atoms with Crippen LogP contribution < -0.4 is 20.5 Å². The SMILES string of the molecule is O=C(O)N(Cc1cc(OCCCCCCCCCNC[C@H](O)c2ccc(O)c3[nH]c(=O)ccc23)cc(-c2ccccc2)c1)c1ccccc1. The number of amides is 1. The number of phenolic OH excluding ortho intramolecular Hbond substituents is 1. The van der Waals surface area contributed by atoms with Crippen LogP contribution in [0, 0.1) is 0 Å². The average molecular weight is 664 g/mol. The number of unbranched alkanes of at least 4 members (excludes halogenated alkanes) is 6. The number of ether oxygens (including phenoxy) is 1. The Labute approximate surface area is 286 Å². The number of anilines is 1. The van der Waals surface area contributed by atoms with Crippen molar-refractivity contribution in [3.63, 3.8) is 0 Å². The number of hydrogen-bond donors (Lipinski definition) is 5. The van der Waals surface area contributed by atoms with Crippen molar-refractivity contribution in [1.82, 2.24) is 10.3 Å². The van der Waals surface area contributed by atoms with E-state index in [1.54, 1.807) is 24.3 Å². The fourth-order valence-electron chi connectivity index (χ4n) is 6.02. The molecule has 0 saturated carbocycles. The fourth-order valence-corrected chi connectivity index (χ4v) is 6.02. The second-order valence-electron chi connectivity index (χ2n) is 12.3. The van der Waals surface area contributed by atoms with Crippen LogP contribution in [0.3, 0.4) is 0 Å². The summed E-state index contributed by atoms with van der Waals surface area (Å²) in [6, 6.07) is 31.4. The van der Waals surface area contributed by atoms with Crippen LogP contribution in [0.25, 0.3) is 22.0 Å². The van der Waals surface area contributed by atoms with Gasteiger partial charge in [0, 0.05) is 23.7 Å². The van der Waals surface area contributed by atoms with E-state index in [1.165, 1.54) is 17.0 Å². The molecule has 0 aliphatic heterocycles. The Hall–Kier alpha value is -5.12. The lowest BCUT2D eigenvalue weighted by Crippen LogP contribution is -2.28. The lowest BCUT2D eigenvalue weighted by atomic mass is 10.0. The highest BCUT2D eigenvalue weighted by atomic mass is 16.5. The number of benzene rings is 4. The van der Waals surface area contributed by atoms with Crippen LogP contribution in [0.1, 0.15) is 62.2 Å². The predicted octanol–water partition coefficient (Wildman–Crippen LogP) is 8.02. The summed E-state index contributed by atoms with van der Waals surface area (Å²) >= 11 is 0. The third kappa shape index (κ3) is 10.2. The number of rotatable bonds is 18. The summed E-state index contributed by atoms with van der Waals surface area (Å²) in [5, 5.41) is 34.6. The van der Waals surface area contributed by atoms with E-state index in [0.29, 0.717) is 35.3 Å². The van der Waals surface area contributed by atoms with Crippen LogP contribution in [0.2, 0.25) is 0 Å². The first kappa shape index (κ1) is 35.2. The minimum atomic E-state index is -1.01. The van der Waals surface area contributed by atoms with Gasteiger partial charge in [-0.2, -0.15) is 0 Å². The van der Waals surface area contributed by atoms with Gasteiger partial charge >= 0.3 is 6.09 Å². The first-order valence-corrected chi connectivity index (χ1v) is 17.0. The number of aliphatic hydroxyl groups excluding tert-OH is 1. The lowest BCUT2D eigenvalue weighted by molar-refractivity contribution is 0.176. The lowest BCUT2D eigenvalue weighted by Gasteiger charge is -2.20. The molecule has 5 aromatic rings. The highest BCUT2D eigenvalue weighted by Gasteiger charge is 2.17. The number of phenols is 1. The van der Waals surface area contributed by atoms with Gasteiger partial charge in [0.25, 0.3) is 0 Å². The maximum absolute atomic E-state index is 12.1. The van der Waals surface area contributed by atoms with E-state index in [-0.39, 0.29) is 17.9 Å². The molecule has 1 atom stereocenters. The van der Waals surface area contributed by atoms with Crippen molar-refractivity contribution < 1.29 is 24.9 Å². The first-order valence-electron chi connectivity index (χ1n) is 17.0. The minimum absolute atomic E-state index is 0.0164. The Bertz CT molecular complexity index is 1840. The molecule has 5 rings (SSSR count). The average Bonchev–Trinajstić information content (AvgIpc) is 3.12. The molecular weight excluding hydrogens is 618 g/mol. The van der Waals surface area contributed by atoms with E-state index >= 15 is 0 Å². The number of aromatic amines is 1. The second kappa shape index (κ2) is 17.9.